The second-order valence-electron chi connectivity index (χ2n) is 6.03. The van der Waals surface area contributed by atoms with E-state index >= 15 is 0 Å². The van der Waals surface area contributed by atoms with Crippen molar-refractivity contribution < 1.29 is 14.5 Å². The van der Waals surface area contributed by atoms with Crippen molar-refractivity contribution in [2.45, 2.75) is 5.16 Å². The lowest BCUT2D eigenvalue weighted by Gasteiger charge is -2.04. The number of methoxy groups -OCH3 is 1. The SMILES string of the molecule is COc1cccc(C=NNC(=O)CSc2nnc(-c3cccc([N+](=O)[O-])c3)n2C)c1. The summed E-state index contributed by atoms with van der Waals surface area (Å²) in [6, 6.07) is 13.4. The fourth-order valence-electron chi connectivity index (χ4n) is 2.51. The van der Waals surface area contributed by atoms with Gasteiger partial charge in [-0.15, -0.1) is 10.2 Å². The number of carbonyl (C=O) groups excluding carboxylic acids is 1. The lowest BCUT2D eigenvalue weighted by Crippen LogP contribution is -2.19. The van der Waals surface area contributed by atoms with Crippen LogP contribution in [0.5, 0.6) is 5.75 Å². The zero-order valence-electron chi connectivity index (χ0n) is 16.2. The van der Waals surface area contributed by atoms with Crippen molar-refractivity contribution in [3.05, 3.63) is 64.2 Å². The van der Waals surface area contributed by atoms with Crippen LogP contribution in [0.4, 0.5) is 5.69 Å². The number of nitro benzene ring substituents is 1. The summed E-state index contributed by atoms with van der Waals surface area (Å²) in [6.07, 6.45) is 1.52. The number of hydrazone groups is 1. The minimum atomic E-state index is -0.466. The maximum Gasteiger partial charge on any atom is 0.270 e. The molecule has 3 rings (SSSR count). The highest BCUT2D eigenvalue weighted by Gasteiger charge is 2.15. The number of rotatable bonds is 8. The van der Waals surface area contributed by atoms with E-state index in [0.29, 0.717) is 22.3 Å². The van der Waals surface area contributed by atoms with Crippen LogP contribution in [0.3, 0.4) is 0 Å². The van der Waals surface area contributed by atoms with Crippen molar-refractivity contribution in [3.8, 4) is 17.1 Å². The van der Waals surface area contributed by atoms with E-state index in [9.17, 15) is 14.9 Å². The summed E-state index contributed by atoms with van der Waals surface area (Å²) in [4.78, 5) is 22.5. The van der Waals surface area contributed by atoms with Gasteiger partial charge in [0.05, 0.1) is 24.0 Å². The third-order valence-corrected chi connectivity index (χ3v) is 5.00. The van der Waals surface area contributed by atoms with Crippen molar-refractivity contribution in [1.29, 1.82) is 0 Å². The van der Waals surface area contributed by atoms with E-state index < -0.39 is 4.92 Å². The molecule has 2 aromatic carbocycles. The van der Waals surface area contributed by atoms with Crippen molar-refractivity contribution in [3.63, 3.8) is 0 Å². The van der Waals surface area contributed by atoms with E-state index in [4.69, 9.17) is 4.74 Å². The zero-order valence-corrected chi connectivity index (χ0v) is 17.0. The first-order valence-corrected chi connectivity index (χ1v) is 9.69. The lowest BCUT2D eigenvalue weighted by molar-refractivity contribution is -0.384. The smallest absolute Gasteiger partial charge is 0.270 e. The molecular formula is C19H18N6O4S. The average molecular weight is 426 g/mol. The minimum absolute atomic E-state index is 0.0296. The number of amides is 1. The molecule has 0 fully saturated rings. The maximum atomic E-state index is 12.0. The number of carbonyl (C=O) groups is 1. The number of hydrogen-bond donors (Lipinski definition) is 1. The number of hydrogen-bond acceptors (Lipinski definition) is 8. The molecule has 0 radical (unpaired) electrons. The molecule has 154 valence electrons. The summed E-state index contributed by atoms with van der Waals surface area (Å²) in [5, 5.41) is 23.5. The molecule has 0 saturated heterocycles. The predicted molar refractivity (Wildman–Crippen MR) is 113 cm³/mol. The average Bonchev–Trinajstić information content (AvgIpc) is 3.12. The van der Waals surface area contributed by atoms with E-state index in [-0.39, 0.29) is 17.3 Å². The van der Waals surface area contributed by atoms with Gasteiger partial charge in [-0.05, 0) is 17.7 Å². The van der Waals surface area contributed by atoms with E-state index in [1.807, 2.05) is 18.2 Å². The van der Waals surface area contributed by atoms with Crippen molar-refractivity contribution in [2.75, 3.05) is 12.9 Å². The number of benzene rings is 2. The third-order valence-electron chi connectivity index (χ3n) is 3.98. The summed E-state index contributed by atoms with van der Waals surface area (Å²) in [5.74, 6) is 0.940. The highest BCUT2D eigenvalue weighted by molar-refractivity contribution is 7.99. The minimum Gasteiger partial charge on any atom is -0.497 e. The fraction of sp³-hybridized carbons (Fsp3) is 0.158. The Kier molecular flexibility index (Phi) is 6.75. The normalized spacial score (nSPS) is 10.9. The molecule has 0 bridgehead atoms. The van der Waals surface area contributed by atoms with E-state index in [0.717, 1.165) is 5.56 Å². The van der Waals surface area contributed by atoms with Gasteiger partial charge in [-0.3, -0.25) is 14.9 Å². The first kappa shape index (κ1) is 21.0. The molecule has 0 aliphatic heterocycles. The van der Waals surface area contributed by atoms with E-state index in [1.54, 1.807) is 36.9 Å². The second-order valence-corrected chi connectivity index (χ2v) is 6.97. The van der Waals surface area contributed by atoms with Crippen LogP contribution >= 0.6 is 11.8 Å². The first-order chi connectivity index (χ1) is 14.5. The van der Waals surface area contributed by atoms with Gasteiger partial charge in [0.1, 0.15) is 5.75 Å². The predicted octanol–water partition coefficient (Wildman–Crippen LogP) is 2.64. The van der Waals surface area contributed by atoms with E-state index in [1.165, 1.54) is 30.1 Å². The lowest BCUT2D eigenvalue weighted by atomic mass is 10.2. The number of ether oxygens (including phenoxy) is 1. The van der Waals surface area contributed by atoms with Crippen LogP contribution in [0.2, 0.25) is 0 Å². The molecule has 1 aromatic heterocycles. The van der Waals surface area contributed by atoms with Crippen LogP contribution in [-0.4, -0.2) is 44.7 Å². The fourth-order valence-corrected chi connectivity index (χ4v) is 3.22. The molecule has 0 atom stereocenters. The Morgan fingerprint density at radius 3 is 2.87 bits per heavy atom. The zero-order chi connectivity index (χ0) is 21.5. The van der Waals surface area contributed by atoms with Gasteiger partial charge in [-0.25, -0.2) is 5.43 Å². The molecule has 3 aromatic rings. The van der Waals surface area contributed by atoms with Crippen molar-refractivity contribution in [1.82, 2.24) is 20.2 Å². The Labute approximate surface area is 176 Å². The van der Waals surface area contributed by atoms with Gasteiger partial charge in [-0.2, -0.15) is 5.10 Å². The summed E-state index contributed by atoms with van der Waals surface area (Å²) in [6.45, 7) is 0. The topological polar surface area (TPSA) is 125 Å². The number of nitrogens with one attached hydrogen (secondary N) is 1. The Morgan fingerprint density at radius 1 is 1.30 bits per heavy atom. The molecule has 1 heterocycles. The molecule has 10 nitrogen and oxygen atoms in total. The molecule has 11 heteroatoms. The maximum absolute atomic E-state index is 12.0. The molecule has 0 saturated carbocycles. The Bertz CT molecular complexity index is 1100. The van der Waals surface area contributed by atoms with Gasteiger partial charge < -0.3 is 9.30 Å². The Balaban J connectivity index is 1.58. The van der Waals surface area contributed by atoms with Crippen LogP contribution in [-0.2, 0) is 11.8 Å². The van der Waals surface area contributed by atoms with Crippen molar-refractivity contribution in [2.24, 2.45) is 12.1 Å². The highest BCUT2D eigenvalue weighted by Crippen LogP contribution is 2.25. The Morgan fingerprint density at radius 2 is 2.10 bits per heavy atom. The van der Waals surface area contributed by atoms with Crippen LogP contribution in [0, 0.1) is 10.1 Å². The van der Waals surface area contributed by atoms with Crippen molar-refractivity contribution >= 4 is 29.6 Å². The molecule has 0 spiro atoms. The molecule has 0 aliphatic carbocycles. The van der Waals surface area contributed by atoms with Crippen LogP contribution in [0.15, 0.2) is 58.8 Å². The number of non-ortho nitro benzene ring substituents is 1. The van der Waals surface area contributed by atoms with Crippen LogP contribution in [0.25, 0.3) is 11.4 Å². The van der Waals surface area contributed by atoms with Crippen LogP contribution in [0.1, 0.15) is 5.56 Å². The number of aromatic nitrogens is 3. The van der Waals surface area contributed by atoms with Gasteiger partial charge in [0.15, 0.2) is 11.0 Å². The molecular weight excluding hydrogens is 408 g/mol. The summed E-state index contributed by atoms with van der Waals surface area (Å²) in [7, 11) is 3.31. The van der Waals surface area contributed by atoms with Gasteiger partial charge in [0, 0.05) is 24.7 Å². The number of nitrogens with zero attached hydrogens (tertiary/aromatic N) is 5. The third kappa shape index (κ3) is 5.20. The molecule has 30 heavy (non-hydrogen) atoms. The molecule has 1 amide bonds. The summed E-state index contributed by atoms with van der Waals surface area (Å²) >= 11 is 1.18. The summed E-state index contributed by atoms with van der Waals surface area (Å²) < 4.78 is 6.81. The van der Waals surface area contributed by atoms with Crippen LogP contribution < -0.4 is 10.2 Å². The monoisotopic (exact) mass is 426 g/mol. The molecule has 0 aliphatic rings. The molecule has 1 N–H and O–H groups in total. The first-order valence-electron chi connectivity index (χ1n) is 8.71. The largest absolute Gasteiger partial charge is 0.497 e. The number of thioether (sulfide) groups is 1. The Hall–Kier alpha value is -3.73. The van der Waals surface area contributed by atoms with Gasteiger partial charge in [-0.1, -0.05) is 36.0 Å². The second kappa shape index (κ2) is 9.65. The van der Waals surface area contributed by atoms with Gasteiger partial charge in [0.2, 0.25) is 0 Å². The van der Waals surface area contributed by atoms with Gasteiger partial charge >= 0.3 is 0 Å². The number of nitro groups is 1. The van der Waals surface area contributed by atoms with Gasteiger partial charge in [0.25, 0.3) is 11.6 Å². The standard InChI is InChI=1S/C19H18N6O4S/c1-24-18(14-6-4-7-15(10-14)25(27)28)22-23-19(24)30-12-17(26)21-20-11-13-5-3-8-16(9-13)29-2/h3-11H,12H2,1-2H3,(H,21,26). The quantitative estimate of drug-likeness (QED) is 0.254. The molecule has 0 unspecified atom stereocenters. The highest BCUT2D eigenvalue weighted by atomic mass is 32.2. The van der Waals surface area contributed by atoms with E-state index in [2.05, 4.69) is 20.7 Å². The summed E-state index contributed by atoms with van der Waals surface area (Å²) in [5.41, 5.74) is 3.78.